The van der Waals surface area contributed by atoms with E-state index in [1.165, 1.54) is 18.2 Å². The molecule has 0 aliphatic rings. The highest BCUT2D eigenvalue weighted by molar-refractivity contribution is 6.35. The number of nitrogens with one attached hydrogen (secondary N) is 1. The molecular formula is C18H18Cl3N3O3. The van der Waals surface area contributed by atoms with Gasteiger partial charge < -0.3 is 15.0 Å². The molecule has 1 heterocycles. The number of anilines is 1. The van der Waals surface area contributed by atoms with Gasteiger partial charge in [-0.05, 0) is 44.2 Å². The van der Waals surface area contributed by atoms with Crippen molar-refractivity contribution < 1.29 is 14.3 Å². The average Bonchev–Trinajstić information content (AvgIpc) is 2.64. The van der Waals surface area contributed by atoms with Crippen LogP contribution in [0.25, 0.3) is 0 Å². The first-order valence-corrected chi connectivity index (χ1v) is 9.32. The summed E-state index contributed by atoms with van der Waals surface area (Å²) in [5.41, 5.74) is 0.427. The summed E-state index contributed by atoms with van der Waals surface area (Å²) in [5.74, 6) is -0.312. The van der Waals surface area contributed by atoms with E-state index in [4.69, 9.17) is 39.5 Å². The van der Waals surface area contributed by atoms with Crippen molar-refractivity contribution in [3.63, 3.8) is 0 Å². The van der Waals surface area contributed by atoms with Crippen LogP contribution in [0.1, 0.15) is 24.3 Å². The fraction of sp³-hybridized carbons (Fsp3) is 0.278. The molecule has 0 spiro atoms. The van der Waals surface area contributed by atoms with Crippen LogP contribution in [-0.4, -0.2) is 41.4 Å². The van der Waals surface area contributed by atoms with Gasteiger partial charge in [0.15, 0.2) is 6.61 Å². The number of rotatable bonds is 7. The van der Waals surface area contributed by atoms with Crippen molar-refractivity contribution in [1.82, 2.24) is 9.88 Å². The molecular weight excluding hydrogens is 413 g/mol. The Labute approximate surface area is 172 Å². The minimum Gasteiger partial charge on any atom is -0.482 e. The molecule has 1 aromatic carbocycles. The number of benzene rings is 1. The van der Waals surface area contributed by atoms with Crippen LogP contribution in [0.15, 0.2) is 30.3 Å². The molecule has 0 radical (unpaired) electrons. The Kier molecular flexibility index (Phi) is 7.71. The number of nitrogens with zero attached hydrogens (tertiary/aromatic N) is 2. The largest absolute Gasteiger partial charge is 0.482 e. The van der Waals surface area contributed by atoms with Crippen molar-refractivity contribution in [3.8, 4) is 5.75 Å². The molecule has 27 heavy (non-hydrogen) atoms. The van der Waals surface area contributed by atoms with Crippen molar-refractivity contribution >= 4 is 52.3 Å². The highest BCUT2D eigenvalue weighted by Crippen LogP contribution is 2.28. The van der Waals surface area contributed by atoms with Crippen molar-refractivity contribution in [1.29, 1.82) is 0 Å². The lowest BCUT2D eigenvalue weighted by Crippen LogP contribution is -2.34. The average molecular weight is 431 g/mol. The molecule has 0 aliphatic heterocycles. The molecule has 2 aromatic rings. The number of likely N-dealkylation sites (N-methyl/N-ethyl adjacent to an activating group) is 1. The molecule has 1 aromatic heterocycles. The number of pyridine rings is 1. The summed E-state index contributed by atoms with van der Waals surface area (Å²) >= 11 is 17.9. The van der Waals surface area contributed by atoms with Crippen LogP contribution in [0.5, 0.6) is 5.75 Å². The highest BCUT2D eigenvalue weighted by atomic mass is 35.5. The first-order chi connectivity index (χ1) is 12.8. The van der Waals surface area contributed by atoms with Gasteiger partial charge in [0.2, 0.25) is 0 Å². The molecule has 0 atom stereocenters. The van der Waals surface area contributed by atoms with Crippen molar-refractivity contribution in [2.75, 3.05) is 25.0 Å². The Morgan fingerprint density at radius 2 is 1.78 bits per heavy atom. The zero-order valence-electron chi connectivity index (χ0n) is 14.8. The van der Waals surface area contributed by atoms with E-state index in [-0.39, 0.29) is 33.4 Å². The molecule has 0 fully saturated rings. The molecule has 2 amide bonds. The number of carbonyl (C=O) groups excluding carboxylic acids is 2. The zero-order chi connectivity index (χ0) is 20.0. The number of hydrogen-bond acceptors (Lipinski definition) is 4. The topological polar surface area (TPSA) is 71.5 Å². The smallest absolute Gasteiger partial charge is 0.275 e. The number of hydrogen-bond donors (Lipinski definition) is 1. The zero-order valence-corrected chi connectivity index (χ0v) is 17.0. The quantitative estimate of drug-likeness (QED) is 0.655. The molecule has 1 N–H and O–H groups in total. The van der Waals surface area contributed by atoms with E-state index in [9.17, 15) is 9.59 Å². The SMILES string of the molecule is CCN(CC)C(=O)COc1ccc(NC(=O)c2nc(Cl)ccc2Cl)cc1Cl. The predicted octanol–water partition coefficient (Wildman–Crippen LogP) is 4.54. The van der Waals surface area contributed by atoms with Crippen LogP contribution in [-0.2, 0) is 4.79 Å². The number of halogens is 3. The van der Waals surface area contributed by atoms with E-state index >= 15 is 0 Å². The molecule has 0 bridgehead atoms. The van der Waals surface area contributed by atoms with Gasteiger partial charge in [-0.3, -0.25) is 9.59 Å². The third-order valence-corrected chi connectivity index (χ3v) is 4.50. The number of aromatic nitrogens is 1. The number of carbonyl (C=O) groups is 2. The van der Waals surface area contributed by atoms with Gasteiger partial charge >= 0.3 is 0 Å². The van der Waals surface area contributed by atoms with E-state index in [1.54, 1.807) is 17.0 Å². The van der Waals surface area contributed by atoms with Gasteiger partial charge in [0.05, 0.1) is 10.0 Å². The number of ether oxygens (including phenoxy) is 1. The van der Waals surface area contributed by atoms with Crippen LogP contribution in [0.3, 0.4) is 0 Å². The van der Waals surface area contributed by atoms with Gasteiger partial charge in [-0.25, -0.2) is 4.98 Å². The second kappa shape index (κ2) is 9.78. The van der Waals surface area contributed by atoms with Gasteiger partial charge in [0.25, 0.3) is 11.8 Å². The third kappa shape index (κ3) is 5.73. The maximum absolute atomic E-state index is 12.3. The first kappa shape index (κ1) is 21.3. The van der Waals surface area contributed by atoms with E-state index in [0.717, 1.165) is 0 Å². The normalized spacial score (nSPS) is 10.4. The monoisotopic (exact) mass is 429 g/mol. The summed E-state index contributed by atoms with van der Waals surface area (Å²) in [6.07, 6.45) is 0. The molecule has 6 nitrogen and oxygen atoms in total. The fourth-order valence-corrected chi connectivity index (χ4v) is 2.84. The maximum atomic E-state index is 12.3. The van der Waals surface area contributed by atoms with E-state index in [1.807, 2.05) is 13.8 Å². The molecule has 2 rings (SSSR count). The van der Waals surface area contributed by atoms with Crippen molar-refractivity contribution in [3.05, 3.63) is 51.2 Å². The summed E-state index contributed by atoms with van der Waals surface area (Å²) < 4.78 is 5.48. The second-order valence-corrected chi connectivity index (χ2v) is 6.62. The van der Waals surface area contributed by atoms with E-state index < -0.39 is 5.91 Å². The molecule has 0 saturated carbocycles. The van der Waals surface area contributed by atoms with Crippen molar-refractivity contribution in [2.24, 2.45) is 0 Å². The molecule has 144 valence electrons. The lowest BCUT2D eigenvalue weighted by Gasteiger charge is -2.19. The third-order valence-electron chi connectivity index (χ3n) is 3.68. The summed E-state index contributed by atoms with van der Waals surface area (Å²) in [5, 5.41) is 3.23. The lowest BCUT2D eigenvalue weighted by atomic mass is 10.2. The highest BCUT2D eigenvalue weighted by Gasteiger charge is 2.15. The molecule has 0 aliphatic carbocycles. The van der Waals surface area contributed by atoms with Gasteiger partial charge in [0, 0.05) is 18.8 Å². The molecule has 9 heteroatoms. The summed E-state index contributed by atoms with van der Waals surface area (Å²) in [7, 11) is 0. The predicted molar refractivity (Wildman–Crippen MR) is 107 cm³/mol. The lowest BCUT2D eigenvalue weighted by molar-refractivity contribution is -0.132. The van der Waals surface area contributed by atoms with E-state index in [2.05, 4.69) is 10.3 Å². The summed E-state index contributed by atoms with van der Waals surface area (Å²) in [4.78, 5) is 29.9. The van der Waals surface area contributed by atoms with E-state index in [0.29, 0.717) is 24.5 Å². The van der Waals surface area contributed by atoms with Crippen LogP contribution in [0.2, 0.25) is 15.2 Å². The Hall–Kier alpha value is -2.02. The minimum absolute atomic E-state index is 0.00503. The Morgan fingerprint density at radius 1 is 1.07 bits per heavy atom. The second-order valence-electron chi connectivity index (χ2n) is 5.42. The maximum Gasteiger partial charge on any atom is 0.275 e. The molecule has 0 saturated heterocycles. The summed E-state index contributed by atoms with van der Waals surface area (Å²) in [6, 6.07) is 7.65. The Morgan fingerprint density at radius 3 is 2.41 bits per heavy atom. The van der Waals surface area contributed by atoms with Crippen LogP contribution >= 0.6 is 34.8 Å². The van der Waals surface area contributed by atoms with Gasteiger partial charge in [-0.2, -0.15) is 0 Å². The van der Waals surface area contributed by atoms with Crippen LogP contribution in [0.4, 0.5) is 5.69 Å². The first-order valence-electron chi connectivity index (χ1n) is 8.19. The van der Waals surface area contributed by atoms with Gasteiger partial charge in [0.1, 0.15) is 16.6 Å². The standard InChI is InChI=1S/C18H18Cl3N3O3/c1-3-24(4-2)16(25)10-27-14-7-5-11(9-13(14)20)22-18(26)17-12(19)6-8-15(21)23-17/h5-9H,3-4,10H2,1-2H3,(H,22,26). The van der Waals surface area contributed by atoms with Crippen LogP contribution < -0.4 is 10.1 Å². The summed E-state index contributed by atoms with van der Waals surface area (Å²) in [6.45, 7) is 4.89. The Balaban J connectivity index is 2.05. The van der Waals surface area contributed by atoms with Gasteiger partial charge in [-0.15, -0.1) is 0 Å². The minimum atomic E-state index is -0.524. The molecule has 0 unspecified atom stereocenters. The number of amides is 2. The van der Waals surface area contributed by atoms with Crippen molar-refractivity contribution in [2.45, 2.75) is 13.8 Å². The fourth-order valence-electron chi connectivity index (χ4n) is 2.27. The van der Waals surface area contributed by atoms with Crippen LogP contribution in [0, 0.1) is 0 Å². The Bertz CT molecular complexity index is 842. The van der Waals surface area contributed by atoms with Gasteiger partial charge in [-0.1, -0.05) is 34.8 Å².